The molecule has 0 amide bonds. The number of aromatic nitrogens is 2. The predicted octanol–water partition coefficient (Wildman–Crippen LogP) is 4.30. The van der Waals surface area contributed by atoms with Crippen molar-refractivity contribution in [3.05, 3.63) is 86.7 Å². The van der Waals surface area contributed by atoms with E-state index in [1.807, 2.05) is 12.1 Å². The third-order valence-corrected chi connectivity index (χ3v) is 8.54. The molecular weight excluding hydrogens is 592 g/mol. The fourth-order valence-electron chi connectivity index (χ4n) is 4.47. The molecule has 0 radical (unpaired) electrons. The van der Waals surface area contributed by atoms with Gasteiger partial charge in [-0.05, 0) is 0 Å². The molecule has 2 aromatic carbocycles. The van der Waals surface area contributed by atoms with E-state index in [1.54, 1.807) is 50.2 Å². The first-order valence-electron chi connectivity index (χ1n) is 13.3. The monoisotopic (exact) mass is 625 g/mol. The number of alkyl halides is 1. The number of hydrogen-bond donors (Lipinski definition) is 3. The molecule has 1 saturated heterocycles. The van der Waals surface area contributed by atoms with E-state index in [0.717, 1.165) is 28.0 Å². The number of halogens is 2. The molecule has 2 heterocycles. The Morgan fingerprint density at radius 1 is 1.17 bits per heavy atom. The van der Waals surface area contributed by atoms with Crippen LogP contribution in [0.3, 0.4) is 0 Å². The van der Waals surface area contributed by atoms with Crippen LogP contribution >= 0.6 is 19.7 Å². The Bertz CT molecular complexity index is 1500. The molecule has 3 aromatic rings. The van der Waals surface area contributed by atoms with Gasteiger partial charge in [0, 0.05) is 0 Å². The van der Waals surface area contributed by atoms with Crippen molar-refractivity contribution in [1.82, 2.24) is 14.6 Å². The molecule has 1 aliphatic heterocycles. The van der Waals surface area contributed by atoms with Gasteiger partial charge in [-0.15, -0.1) is 0 Å². The van der Waals surface area contributed by atoms with Crippen LogP contribution in [0, 0.1) is 0 Å². The van der Waals surface area contributed by atoms with Gasteiger partial charge in [0.1, 0.15) is 0 Å². The van der Waals surface area contributed by atoms with Crippen molar-refractivity contribution < 1.29 is 32.6 Å². The summed E-state index contributed by atoms with van der Waals surface area (Å²) in [5.41, 5.74) is -1.66. The van der Waals surface area contributed by atoms with Crippen LogP contribution in [0.5, 0.6) is 5.75 Å². The van der Waals surface area contributed by atoms with Gasteiger partial charge in [-0.1, -0.05) is 0 Å². The third-order valence-electron chi connectivity index (χ3n) is 6.42. The van der Waals surface area contributed by atoms with Crippen molar-refractivity contribution in [2.75, 3.05) is 6.61 Å². The number of benzene rings is 2. The zero-order valence-corrected chi connectivity index (χ0v) is 25.3. The van der Waals surface area contributed by atoms with E-state index in [2.05, 4.69) is 10.1 Å². The second-order valence-electron chi connectivity index (χ2n) is 10.5. The summed E-state index contributed by atoms with van der Waals surface area (Å²) in [5, 5.41) is 3.33. The molecule has 11 nitrogen and oxygen atoms in total. The maximum atomic E-state index is 15.5. The molecule has 0 spiro atoms. The predicted molar refractivity (Wildman–Crippen MR) is 157 cm³/mol. The Balaban J connectivity index is 1.51. The summed E-state index contributed by atoms with van der Waals surface area (Å²) >= 11 is 5.98. The van der Waals surface area contributed by atoms with Gasteiger partial charge in [0.05, 0.1) is 0 Å². The summed E-state index contributed by atoms with van der Waals surface area (Å²) in [6, 6.07) is 14.2. The molecule has 0 unspecified atom stereocenters. The van der Waals surface area contributed by atoms with Crippen molar-refractivity contribution >= 4 is 25.7 Å². The molecule has 0 saturated carbocycles. The summed E-state index contributed by atoms with van der Waals surface area (Å²) < 4.78 is 39.1. The third kappa shape index (κ3) is 8.03. The van der Waals surface area contributed by atoms with Gasteiger partial charge in [-0.25, -0.2) is 0 Å². The molecule has 14 heteroatoms. The minimum atomic E-state index is -4.39. The average Bonchev–Trinajstić information content (AvgIpc) is 3.22. The van der Waals surface area contributed by atoms with E-state index in [1.165, 1.54) is 13.8 Å². The standard InChI is InChI=1S/C28H34ClFN3O8P/c1-17(2)39-25(35)18(3)32-42(37,41-22-11-7-20(8-12-22)19-5-9-21(29)10-6-19)38-16-23-15-28(4,30)26(40-23)33-14-13-24(34)31-27(33)36/h5-14,17-18,23,26,32,37,42H,15-16H2,1-4H3,(H,31,34,36)/t18-,23-,26+,28+/m0/s1. The van der Waals surface area contributed by atoms with Crippen molar-refractivity contribution in [3.63, 3.8) is 0 Å². The first-order valence-corrected chi connectivity index (χ1v) is 15.4. The fraction of sp³-hybridized carbons (Fsp3) is 0.393. The zero-order valence-electron chi connectivity index (χ0n) is 23.5. The quantitative estimate of drug-likeness (QED) is 0.210. The number of rotatable bonds is 11. The number of nitrogens with zero attached hydrogens (tertiary/aromatic N) is 1. The van der Waals surface area contributed by atoms with Crippen molar-refractivity contribution in [2.24, 2.45) is 0 Å². The van der Waals surface area contributed by atoms with Crippen LogP contribution in [-0.4, -0.2) is 50.9 Å². The molecular formula is C28H34ClFN3O8P. The van der Waals surface area contributed by atoms with E-state index in [9.17, 15) is 19.3 Å². The molecule has 4 rings (SSSR count). The number of esters is 1. The van der Waals surface area contributed by atoms with E-state index < -0.39 is 49.4 Å². The first-order chi connectivity index (χ1) is 19.7. The van der Waals surface area contributed by atoms with Gasteiger partial charge in [-0.3, -0.25) is 0 Å². The van der Waals surface area contributed by atoms with Crippen LogP contribution in [0.1, 0.15) is 40.3 Å². The Labute approximate surface area is 247 Å². The molecule has 3 N–H and O–H groups in total. The summed E-state index contributed by atoms with van der Waals surface area (Å²) in [6.07, 6.45) is -1.67. The summed E-state index contributed by atoms with van der Waals surface area (Å²) in [6.45, 7) is 5.80. The molecule has 1 fully saturated rings. The van der Waals surface area contributed by atoms with E-state index in [4.69, 9.17) is 30.1 Å². The number of H-pyrrole nitrogens is 1. The van der Waals surface area contributed by atoms with Gasteiger partial charge in [-0.2, -0.15) is 0 Å². The normalized spacial score (nSPS) is 21.7. The number of carbonyl (C=O) groups excluding carboxylic acids is 1. The summed E-state index contributed by atoms with van der Waals surface area (Å²) in [4.78, 5) is 49.7. The second kappa shape index (κ2) is 13.0. The molecule has 0 aliphatic carbocycles. The van der Waals surface area contributed by atoms with Crippen LogP contribution in [0.4, 0.5) is 4.39 Å². The van der Waals surface area contributed by atoms with Crippen LogP contribution < -0.4 is 20.9 Å². The Kier molecular flexibility index (Phi) is 9.87. The molecule has 228 valence electrons. The van der Waals surface area contributed by atoms with E-state index in [-0.39, 0.29) is 24.9 Å². The van der Waals surface area contributed by atoms with Gasteiger partial charge in [0.25, 0.3) is 0 Å². The van der Waals surface area contributed by atoms with Crippen molar-refractivity contribution in [3.8, 4) is 16.9 Å². The molecule has 1 aromatic heterocycles. The van der Waals surface area contributed by atoms with Crippen LogP contribution in [0.25, 0.3) is 11.1 Å². The SMILES string of the molecule is CC(C)OC(=O)[C@H](C)N[PH](O)(OC[C@@H]1C[C@@](C)(F)[C@H](n2ccc(=O)[nH]c2=O)O1)Oc1ccc(-c2ccc(Cl)cc2)cc1. The number of hydrogen-bond acceptors (Lipinski definition) is 9. The van der Waals surface area contributed by atoms with E-state index >= 15 is 4.39 Å². The van der Waals surface area contributed by atoms with Crippen LogP contribution in [0.15, 0.2) is 70.4 Å². The average molecular weight is 626 g/mol. The summed E-state index contributed by atoms with van der Waals surface area (Å²) in [7, 11) is -4.39. The topological polar surface area (TPSA) is 141 Å². The van der Waals surface area contributed by atoms with Gasteiger partial charge >= 0.3 is 247 Å². The number of aromatic amines is 1. The molecule has 42 heavy (non-hydrogen) atoms. The Morgan fingerprint density at radius 3 is 2.38 bits per heavy atom. The van der Waals surface area contributed by atoms with E-state index in [0.29, 0.717) is 5.02 Å². The van der Waals surface area contributed by atoms with Gasteiger partial charge in [0.2, 0.25) is 0 Å². The van der Waals surface area contributed by atoms with Crippen LogP contribution in [-0.2, 0) is 18.8 Å². The molecule has 4 atom stereocenters. The number of ether oxygens (including phenoxy) is 2. The maximum absolute atomic E-state index is 15.5. The fourth-order valence-corrected chi connectivity index (χ4v) is 6.33. The first kappa shape index (κ1) is 31.8. The summed E-state index contributed by atoms with van der Waals surface area (Å²) in [5.74, 6) is -0.383. The Hall–Kier alpha value is -3.12. The second-order valence-corrected chi connectivity index (χ2v) is 12.9. The minimum absolute atomic E-state index is 0.186. The van der Waals surface area contributed by atoms with Crippen LogP contribution in [0.2, 0.25) is 5.02 Å². The zero-order chi connectivity index (χ0) is 30.7. The van der Waals surface area contributed by atoms with Gasteiger partial charge in [0.15, 0.2) is 0 Å². The van der Waals surface area contributed by atoms with Crippen molar-refractivity contribution in [1.29, 1.82) is 0 Å². The Morgan fingerprint density at radius 2 is 1.79 bits per heavy atom. The number of nitrogens with one attached hydrogen (secondary N) is 2. The van der Waals surface area contributed by atoms with Crippen molar-refractivity contribution in [2.45, 2.75) is 64.3 Å². The van der Waals surface area contributed by atoms with Gasteiger partial charge < -0.3 is 0 Å². The molecule has 1 aliphatic rings. The number of carbonyl (C=O) groups is 1. The molecule has 0 bridgehead atoms.